The highest BCUT2D eigenvalue weighted by Gasteiger charge is 2.39. The van der Waals surface area contributed by atoms with Gasteiger partial charge in [-0.1, -0.05) is 23.5 Å². The van der Waals surface area contributed by atoms with E-state index in [1.54, 1.807) is 15.6 Å². The van der Waals surface area contributed by atoms with Crippen LogP contribution in [0.5, 0.6) is 0 Å². The summed E-state index contributed by atoms with van der Waals surface area (Å²) >= 11 is 0.616. The minimum atomic E-state index is -4.57. The molecule has 4 aromatic rings. The molecule has 2 fully saturated rings. The molecule has 0 spiro atoms. The van der Waals surface area contributed by atoms with Gasteiger partial charge in [0.1, 0.15) is 17.2 Å². The Kier molecular flexibility index (Phi) is 6.79. The Labute approximate surface area is 227 Å². The summed E-state index contributed by atoms with van der Waals surface area (Å²) < 4.78 is 42.7. The highest BCUT2D eigenvalue weighted by Crippen LogP contribution is 2.42. The maximum atomic E-state index is 13.7. The number of halogens is 3. The van der Waals surface area contributed by atoms with E-state index in [2.05, 4.69) is 25.4 Å². The zero-order chi connectivity index (χ0) is 27.1. The molecule has 0 aliphatic carbocycles. The van der Waals surface area contributed by atoms with E-state index in [1.165, 1.54) is 0 Å². The number of piperidine rings is 1. The number of H-pyrrole nitrogens is 1. The van der Waals surface area contributed by atoms with Crippen LogP contribution in [0.25, 0.3) is 22.6 Å². The number of nitrogens with one attached hydrogen (secondary N) is 2. The second-order valence-electron chi connectivity index (χ2n) is 10.2. The largest absolute Gasteiger partial charge is 0.443 e. The van der Waals surface area contributed by atoms with Gasteiger partial charge >= 0.3 is 6.18 Å². The smallest absolute Gasteiger partial charge is 0.358 e. The Morgan fingerprint density at radius 2 is 1.95 bits per heavy atom. The van der Waals surface area contributed by atoms with Crippen LogP contribution in [0.3, 0.4) is 0 Å². The quantitative estimate of drug-likeness (QED) is 0.383. The average molecular weight is 559 g/mol. The fourth-order valence-electron chi connectivity index (χ4n) is 5.44. The van der Waals surface area contributed by atoms with Crippen LogP contribution in [0.2, 0.25) is 0 Å². The monoisotopic (exact) mass is 558 g/mol. The first kappa shape index (κ1) is 25.8. The van der Waals surface area contributed by atoms with E-state index in [1.807, 2.05) is 42.4 Å². The van der Waals surface area contributed by atoms with Crippen LogP contribution in [0.4, 0.5) is 18.2 Å². The molecule has 2 aliphatic heterocycles. The number of thiazole rings is 1. The number of nitrogens with zero attached hydrogens (tertiary/aromatic N) is 6. The van der Waals surface area contributed by atoms with Gasteiger partial charge in [0.25, 0.3) is 0 Å². The van der Waals surface area contributed by atoms with Crippen LogP contribution in [-0.4, -0.2) is 74.3 Å². The second kappa shape index (κ2) is 10.3. The van der Waals surface area contributed by atoms with Crippen molar-refractivity contribution in [2.45, 2.75) is 44.4 Å². The third kappa shape index (κ3) is 5.24. The minimum Gasteiger partial charge on any atom is -0.358 e. The number of hydrogen-bond donors (Lipinski definition) is 2. The van der Waals surface area contributed by atoms with Gasteiger partial charge in [-0.05, 0) is 56.5 Å². The molecule has 2 aliphatic rings. The van der Waals surface area contributed by atoms with Gasteiger partial charge in [-0.3, -0.25) is 9.48 Å². The molecule has 2 saturated heterocycles. The first-order chi connectivity index (χ1) is 18.8. The molecule has 6 rings (SSSR count). The van der Waals surface area contributed by atoms with Crippen LogP contribution in [0, 0.1) is 0 Å². The van der Waals surface area contributed by atoms with Gasteiger partial charge in [0, 0.05) is 31.9 Å². The number of fused-ring (bicyclic) bond motifs is 1. The van der Waals surface area contributed by atoms with Crippen LogP contribution in [0.1, 0.15) is 36.3 Å². The average Bonchev–Trinajstić information content (AvgIpc) is 3.66. The topological polar surface area (TPSA) is 95.0 Å². The fraction of sp³-hybridized carbons (Fsp3) is 0.462. The molecule has 1 atom stereocenters. The molecule has 9 nitrogen and oxygen atoms in total. The maximum Gasteiger partial charge on any atom is 0.443 e. The van der Waals surface area contributed by atoms with Gasteiger partial charge in [-0.15, -0.1) is 0 Å². The number of alkyl halides is 3. The lowest BCUT2D eigenvalue weighted by molar-refractivity contribution is -0.137. The Morgan fingerprint density at radius 3 is 2.69 bits per heavy atom. The van der Waals surface area contributed by atoms with Gasteiger partial charge in [-0.2, -0.15) is 18.3 Å². The zero-order valence-electron chi connectivity index (χ0n) is 21.4. The number of rotatable bonds is 5. The number of carbonyl (C=O) groups excluding carboxylic acids is 1. The molecular formula is C26H29F3N8OS. The summed E-state index contributed by atoms with van der Waals surface area (Å²) in [7, 11) is 0. The Morgan fingerprint density at radius 1 is 1.15 bits per heavy atom. The number of para-hydroxylation sites is 2. The first-order valence-corrected chi connectivity index (χ1v) is 13.9. The normalized spacial score (nSPS) is 19.2. The van der Waals surface area contributed by atoms with Crippen molar-refractivity contribution in [3.05, 3.63) is 47.2 Å². The number of carbonyl (C=O) groups is 1. The molecule has 1 amide bonds. The van der Waals surface area contributed by atoms with E-state index in [4.69, 9.17) is 0 Å². The molecule has 0 saturated carbocycles. The van der Waals surface area contributed by atoms with Crippen molar-refractivity contribution in [2.24, 2.45) is 0 Å². The molecule has 206 valence electrons. The van der Waals surface area contributed by atoms with Crippen molar-refractivity contribution in [3.63, 3.8) is 0 Å². The van der Waals surface area contributed by atoms with Gasteiger partial charge in [0.15, 0.2) is 5.82 Å². The van der Waals surface area contributed by atoms with Crippen LogP contribution >= 0.6 is 11.3 Å². The highest BCUT2D eigenvalue weighted by atomic mass is 32.1. The standard InChI is InChI=1S/C26H29F3N8OS/c1-16-13-35(10-11-37(16)21(38)15-36-14-18(12-31-36)17-6-8-30-9-7-17)24-22(34-25(39-24)26(27,28)29)23-32-19-4-2-3-5-20(19)33-23/h2-5,12,14,16-17,30H,6-11,13,15H2,1H3,(H,32,33). The number of anilines is 1. The molecule has 1 unspecified atom stereocenters. The Bertz CT molecular complexity index is 1440. The summed E-state index contributed by atoms with van der Waals surface area (Å²) in [6.45, 7) is 5.19. The summed E-state index contributed by atoms with van der Waals surface area (Å²) in [4.78, 5) is 28.4. The first-order valence-electron chi connectivity index (χ1n) is 13.1. The van der Waals surface area contributed by atoms with Gasteiger partial charge < -0.3 is 20.1 Å². The molecule has 13 heteroatoms. The summed E-state index contributed by atoms with van der Waals surface area (Å²) in [5.74, 6) is 0.701. The lowest BCUT2D eigenvalue weighted by Crippen LogP contribution is -2.54. The highest BCUT2D eigenvalue weighted by molar-refractivity contribution is 7.16. The zero-order valence-corrected chi connectivity index (χ0v) is 22.2. The molecule has 5 heterocycles. The minimum absolute atomic E-state index is 0.0556. The van der Waals surface area contributed by atoms with Gasteiger partial charge in [0.05, 0.1) is 17.2 Å². The number of benzene rings is 1. The second-order valence-corrected chi connectivity index (χ2v) is 11.1. The summed E-state index contributed by atoms with van der Waals surface area (Å²) in [6, 6.07) is 7.08. The van der Waals surface area contributed by atoms with Crippen molar-refractivity contribution in [3.8, 4) is 11.5 Å². The molecule has 0 radical (unpaired) electrons. The number of aromatic amines is 1. The summed E-state index contributed by atoms with van der Waals surface area (Å²) in [6.07, 6.45) is 1.37. The van der Waals surface area contributed by atoms with Crippen molar-refractivity contribution >= 4 is 33.3 Å². The number of hydrogen-bond acceptors (Lipinski definition) is 7. The van der Waals surface area contributed by atoms with Crippen LogP contribution in [-0.2, 0) is 17.5 Å². The van der Waals surface area contributed by atoms with E-state index in [9.17, 15) is 18.0 Å². The molecule has 39 heavy (non-hydrogen) atoms. The van der Waals surface area contributed by atoms with Gasteiger partial charge in [0.2, 0.25) is 10.9 Å². The van der Waals surface area contributed by atoms with E-state index >= 15 is 0 Å². The predicted molar refractivity (Wildman–Crippen MR) is 143 cm³/mol. The molecule has 1 aromatic carbocycles. The van der Waals surface area contributed by atoms with Crippen molar-refractivity contribution in [1.82, 2.24) is 34.9 Å². The van der Waals surface area contributed by atoms with E-state index < -0.39 is 11.2 Å². The number of imidazole rings is 1. The van der Waals surface area contributed by atoms with Crippen LogP contribution < -0.4 is 10.2 Å². The summed E-state index contributed by atoms with van der Waals surface area (Å²) in [5.41, 5.74) is 2.72. The van der Waals surface area contributed by atoms with Crippen LogP contribution in [0.15, 0.2) is 36.7 Å². The van der Waals surface area contributed by atoms with Crippen molar-refractivity contribution < 1.29 is 18.0 Å². The van der Waals surface area contributed by atoms with E-state index in [0.717, 1.165) is 37.0 Å². The Hall–Kier alpha value is -3.45. The lowest BCUT2D eigenvalue weighted by Gasteiger charge is -2.40. The number of piperazine rings is 1. The molecule has 2 N–H and O–H groups in total. The lowest BCUT2D eigenvalue weighted by atomic mass is 9.93. The fourth-order valence-corrected chi connectivity index (χ4v) is 6.41. The molecule has 0 bridgehead atoms. The number of aromatic nitrogens is 5. The number of amides is 1. The summed E-state index contributed by atoms with van der Waals surface area (Å²) in [5, 5.41) is 7.26. The predicted octanol–water partition coefficient (Wildman–Crippen LogP) is 4.11. The Balaban J connectivity index is 1.18. The maximum absolute atomic E-state index is 13.7. The van der Waals surface area contributed by atoms with Crippen molar-refractivity contribution in [2.75, 3.05) is 37.6 Å². The molecule has 3 aromatic heterocycles. The van der Waals surface area contributed by atoms with E-state index in [-0.39, 0.29) is 24.2 Å². The van der Waals surface area contributed by atoms with E-state index in [0.29, 0.717) is 53.2 Å². The third-order valence-corrected chi connectivity index (χ3v) is 8.62. The van der Waals surface area contributed by atoms with Gasteiger partial charge in [-0.25, -0.2) is 9.97 Å². The third-order valence-electron chi connectivity index (χ3n) is 7.46. The van der Waals surface area contributed by atoms with Crippen molar-refractivity contribution in [1.29, 1.82) is 0 Å². The molecular weight excluding hydrogens is 529 g/mol. The SMILES string of the molecule is CC1CN(c2sc(C(F)(F)F)nc2-c2nc3ccccc3[nH]2)CCN1C(=O)Cn1cc(C2CCNCC2)cn1.